The van der Waals surface area contributed by atoms with E-state index in [1.165, 1.54) is 5.56 Å². The number of benzene rings is 2. The Morgan fingerprint density at radius 2 is 1.70 bits per heavy atom. The van der Waals surface area contributed by atoms with Crippen LogP contribution in [-0.4, -0.2) is 4.99 Å². The average molecular weight is 285 g/mol. The van der Waals surface area contributed by atoms with Crippen LogP contribution in [0.25, 0.3) is 0 Å². The van der Waals surface area contributed by atoms with Gasteiger partial charge in [-0.1, -0.05) is 56.4 Å². The molecule has 0 aliphatic carbocycles. The van der Waals surface area contributed by atoms with Gasteiger partial charge in [0, 0.05) is 0 Å². The lowest BCUT2D eigenvalue weighted by molar-refractivity contribution is 0.469. The third kappa shape index (κ3) is 3.17. The summed E-state index contributed by atoms with van der Waals surface area (Å²) >= 11 is 5.07. The number of hydrogen-bond acceptors (Lipinski definition) is 2. The molecule has 0 heterocycles. The number of ether oxygens (including phenoxy) is 1. The molecule has 0 fully saturated rings. The van der Waals surface area contributed by atoms with E-state index in [0.717, 1.165) is 17.7 Å². The van der Waals surface area contributed by atoms with Gasteiger partial charge in [0.1, 0.15) is 16.5 Å². The monoisotopic (exact) mass is 285 g/mol. The summed E-state index contributed by atoms with van der Waals surface area (Å²) in [5.74, 6) is 2.02. The predicted octanol–water partition coefficient (Wildman–Crippen LogP) is 4.63. The molecule has 0 aliphatic rings. The molecule has 2 nitrogen and oxygen atoms in total. The predicted molar refractivity (Wildman–Crippen MR) is 87.6 cm³/mol. The van der Waals surface area contributed by atoms with E-state index in [0.29, 0.717) is 16.7 Å². The zero-order chi connectivity index (χ0) is 14.5. The van der Waals surface area contributed by atoms with Crippen molar-refractivity contribution in [3.8, 4) is 11.5 Å². The van der Waals surface area contributed by atoms with Crippen LogP contribution in [0.3, 0.4) is 0 Å². The number of hydrogen-bond donors (Lipinski definition) is 1. The Morgan fingerprint density at radius 1 is 1.10 bits per heavy atom. The second kappa shape index (κ2) is 6.53. The van der Waals surface area contributed by atoms with Crippen LogP contribution in [0.1, 0.15) is 37.3 Å². The molecule has 2 N–H and O–H groups in total. The summed E-state index contributed by atoms with van der Waals surface area (Å²) in [5.41, 5.74) is 7.71. The lowest BCUT2D eigenvalue weighted by atomic mass is 9.98. The molecule has 2 aromatic rings. The van der Waals surface area contributed by atoms with E-state index in [1.807, 2.05) is 42.5 Å². The first-order valence-corrected chi connectivity index (χ1v) is 7.20. The summed E-state index contributed by atoms with van der Waals surface area (Å²) in [6.45, 7) is 4.37. The smallest absolute Gasteiger partial charge is 0.137 e. The van der Waals surface area contributed by atoms with Gasteiger partial charge in [-0.25, -0.2) is 0 Å². The molecule has 2 aromatic carbocycles. The SMILES string of the molecule is CCC(C)c1ccccc1Oc1ccccc1C(N)=S. The Hall–Kier alpha value is -1.87. The third-order valence-electron chi connectivity index (χ3n) is 3.43. The van der Waals surface area contributed by atoms with Gasteiger partial charge in [0.05, 0.1) is 5.56 Å². The fourth-order valence-electron chi connectivity index (χ4n) is 2.08. The van der Waals surface area contributed by atoms with Gasteiger partial charge in [-0.15, -0.1) is 0 Å². The number of rotatable bonds is 5. The zero-order valence-corrected chi connectivity index (χ0v) is 12.6. The van der Waals surface area contributed by atoms with E-state index in [1.54, 1.807) is 0 Å². The van der Waals surface area contributed by atoms with Gasteiger partial charge < -0.3 is 10.5 Å². The van der Waals surface area contributed by atoms with Gasteiger partial charge in [-0.3, -0.25) is 0 Å². The highest BCUT2D eigenvalue weighted by atomic mass is 32.1. The number of thiocarbonyl (C=S) groups is 1. The van der Waals surface area contributed by atoms with Crippen LogP contribution in [0.15, 0.2) is 48.5 Å². The molecule has 1 unspecified atom stereocenters. The lowest BCUT2D eigenvalue weighted by Crippen LogP contribution is -2.10. The van der Waals surface area contributed by atoms with Gasteiger partial charge in [0.15, 0.2) is 0 Å². The van der Waals surface area contributed by atoms with Crippen molar-refractivity contribution >= 4 is 17.2 Å². The standard InChI is InChI=1S/C17H19NOS/c1-3-12(2)13-8-4-6-10-15(13)19-16-11-7-5-9-14(16)17(18)20/h4-12H,3H2,1-2H3,(H2,18,20). The summed E-state index contributed by atoms with van der Waals surface area (Å²) in [4.78, 5) is 0.349. The Morgan fingerprint density at radius 3 is 2.35 bits per heavy atom. The highest BCUT2D eigenvalue weighted by Gasteiger charge is 2.12. The minimum Gasteiger partial charge on any atom is -0.456 e. The van der Waals surface area contributed by atoms with Gasteiger partial charge >= 0.3 is 0 Å². The fourth-order valence-corrected chi connectivity index (χ4v) is 2.25. The Kier molecular flexibility index (Phi) is 4.74. The maximum atomic E-state index is 6.06. The molecule has 104 valence electrons. The maximum Gasteiger partial charge on any atom is 0.137 e. The molecule has 0 aromatic heterocycles. The highest BCUT2D eigenvalue weighted by molar-refractivity contribution is 7.80. The first kappa shape index (κ1) is 14.5. The molecule has 0 spiro atoms. The highest BCUT2D eigenvalue weighted by Crippen LogP contribution is 2.33. The normalized spacial score (nSPS) is 11.9. The van der Waals surface area contributed by atoms with Crippen molar-refractivity contribution in [3.63, 3.8) is 0 Å². The van der Waals surface area contributed by atoms with Crippen molar-refractivity contribution in [2.24, 2.45) is 5.73 Å². The van der Waals surface area contributed by atoms with Crippen molar-refractivity contribution in [1.82, 2.24) is 0 Å². The quantitative estimate of drug-likeness (QED) is 0.814. The topological polar surface area (TPSA) is 35.2 Å². The van der Waals surface area contributed by atoms with Crippen molar-refractivity contribution in [2.45, 2.75) is 26.2 Å². The van der Waals surface area contributed by atoms with Crippen LogP contribution in [0.5, 0.6) is 11.5 Å². The minimum absolute atomic E-state index is 0.349. The number of para-hydroxylation sites is 2. The van der Waals surface area contributed by atoms with Crippen LogP contribution in [0.4, 0.5) is 0 Å². The molecule has 0 radical (unpaired) electrons. The van der Waals surface area contributed by atoms with Crippen LogP contribution < -0.4 is 10.5 Å². The molecule has 0 amide bonds. The van der Waals surface area contributed by atoms with E-state index in [2.05, 4.69) is 19.9 Å². The molecule has 0 saturated heterocycles. The van der Waals surface area contributed by atoms with Gasteiger partial charge in [0.25, 0.3) is 0 Å². The van der Waals surface area contributed by atoms with Gasteiger partial charge in [0.2, 0.25) is 0 Å². The Bertz CT molecular complexity index is 609. The van der Waals surface area contributed by atoms with Crippen LogP contribution >= 0.6 is 12.2 Å². The Labute approximate surface area is 125 Å². The lowest BCUT2D eigenvalue weighted by Gasteiger charge is -2.16. The van der Waals surface area contributed by atoms with Crippen molar-refractivity contribution in [3.05, 3.63) is 59.7 Å². The van der Waals surface area contributed by atoms with Gasteiger partial charge in [-0.2, -0.15) is 0 Å². The zero-order valence-electron chi connectivity index (χ0n) is 11.8. The Balaban J connectivity index is 2.38. The van der Waals surface area contributed by atoms with Crippen molar-refractivity contribution in [2.75, 3.05) is 0 Å². The van der Waals surface area contributed by atoms with Crippen LogP contribution in [-0.2, 0) is 0 Å². The summed E-state index contributed by atoms with van der Waals surface area (Å²) in [7, 11) is 0. The minimum atomic E-state index is 0.349. The summed E-state index contributed by atoms with van der Waals surface area (Å²) in [6.07, 6.45) is 1.07. The van der Waals surface area contributed by atoms with Crippen molar-refractivity contribution in [1.29, 1.82) is 0 Å². The molecule has 0 bridgehead atoms. The molecule has 3 heteroatoms. The second-order valence-corrected chi connectivity index (χ2v) is 5.25. The summed E-state index contributed by atoms with van der Waals surface area (Å²) in [5, 5.41) is 0. The first-order valence-electron chi connectivity index (χ1n) is 6.79. The second-order valence-electron chi connectivity index (χ2n) is 4.81. The maximum absolute atomic E-state index is 6.06. The van der Waals surface area contributed by atoms with E-state index in [4.69, 9.17) is 22.7 Å². The first-order chi connectivity index (χ1) is 9.63. The van der Waals surface area contributed by atoms with E-state index in [-0.39, 0.29) is 0 Å². The van der Waals surface area contributed by atoms with Gasteiger partial charge in [-0.05, 0) is 36.1 Å². The summed E-state index contributed by atoms with van der Waals surface area (Å²) < 4.78 is 6.06. The molecule has 1 atom stereocenters. The molecule has 20 heavy (non-hydrogen) atoms. The molecular weight excluding hydrogens is 266 g/mol. The average Bonchev–Trinajstić information content (AvgIpc) is 2.47. The molecule has 0 aliphatic heterocycles. The fraction of sp³-hybridized carbons (Fsp3) is 0.235. The summed E-state index contributed by atoms with van der Waals surface area (Å²) in [6, 6.07) is 15.7. The molecule has 0 saturated carbocycles. The largest absolute Gasteiger partial charge is 0.456 e. The number of nitrogens with two attached hydrogens (primary N) is 1. The van der Waals surface area contributed by atoms with E-state index >= 15 is 0 Å². The van der Waals surface area contributed by atoms with E-state index < -0.39 is 0 Å². The van der Waals surface area contributed by atoms with Crippen LogP contribution in [0, 0.1) is 0 Å². The van der Waals surface area contributed by atoms with Crippen LogP contribution in [0.2, 0.25) is 0 Å². The van der Waals surface area contributed by atoms with E-state index in [9.17, 15) is 0 Å². The third-order valence-corrected chi connectivity index (χ3v) is 3.65. The molecular formula is C17H19NOS. The van der Waals surface area contributed by atoms with Crippen molar-refractivity contribution < 1.29 is 4.74 Å². The molecule has 2 rings (SSSR count).